The van der Waals surface area contributed by atoms with Gasteiger partial charge >= 0.3 is 0 Å². The van der Waals surface area contributed by atoms with E-state index in [0.29, 0.717) is 22.9 Å². The first-order valence-electron chi connectivity index (χ1n) is 7.97. The number of benzene rings is 2. The van der Waals surface area contributed by atoms with Crippen LogP contribution in [0.1, 0.15) is 17.0 Å². The van der Waals surface area contributed by atoms with Crippen molar-refractivity contribution in [1.82, 2.24) is 9.97 Å². The van der Waals surface area contributed by atoms with E-state index in [-0.39, 0.29) is 6.61 Å². The maximum Gasteiger partial charge on any atom is 0.162 e. The number of aryl methyl sites for hydroxylation is 1. The van der Waals surface area contributed by atoms with Crippen LogP contribution in [-0.2, 0) is 0 Å². The van der Waals surface area contributed by atoms with Crippen molar-refractivity contribution in [3.05, 3.63) is 53.3 Å². The van der Waals surface area contributed by atoms with Crippen molar-refractivity contribution >= 4 is 22.7 Å². The van der Waals surface area contributed by atoms with Gasteiger partial charge in [-0.3, -0.25) is 0 Å². The molecule has 0 radical (unpaired) electrons. The van der Waals surface area contributed by atoms with Gasteiger partial charge in [0.25, 0.3) is 0 Å². The second kappa shape index (κ2) is 7.46. The van der Waals surface area contributed by atoms with Crippen molar-refractivity contribution in [3.8, 4) is 29.9 Å². The highest BCUT2D eigenvalue weighted by Crippen LogP contribution is 2.29. The number of imidazole rings is 1. The molecule has 128 valence electrons. The van der Waals surface area contributed by atoms with E-state index in [1.54, 1.807) is 25.3 Å². The third-order valence-corrected chi connectivity index (χ3v) is 3.82. The van der Waals surface area contributed by atoms with Crippen LogP contribution in [0.4, 0.5) is 0 Å². The Labute approximate surface area is 151 Å². The first-order valence-corrected chi connectivity index (χ1v) is 7.97. The van der Waals surface area contributed by atoms with Gasteiger partial charge in [-0.15, -0.1) is 6.42 Å². The van der Waals surface area contributed by atoms with Gasteiger partial charge in [0.05, 0.1) is 23.7 Å². The molecule has 0 bridgehead atoms. The SMILES string of the molecule is C#CCOc1ccc(/C=C(\C#N)c2nc3ccc(C)cc3[nH]2)cc1OC. The third kappa shape index (κ3) is 3.53. The summed E-state index contributed by atoms with van der Waals surface area (Å²) < 4.78 is 10.8. The molecule has 3 rings (SSSR count). The van der Waals surface area contributed by atoms with E-state index in [2.05, 4.69) is 22.0 Å². The van der Waals surface area contributed by atoms with Crippen molar-refractivity contribution in [2.75, 3.05) is 13.7 Å². The molecule has 0 aliphatic carbocycles. The van der Waals surface area contributed by atoms with Gasteiger partial charge in [0.1, 0.15) is 18.5 Å². The summed E-state index contributed by atoms with van der Waals surface area (Å²) in [6.07, 6.45) is 6.96. The minimum atomic E-state index is 0.160. The van der Waals surface area contributed by atoms with Crippen molar-refractivity contribution in [2.24, 2.45) is 0 Å². The van der Waals surface area contributed by atoms with Crippen LogP contribution in [0.15, 0.2) is 36.4 Å². The molecule has 0 unspecified atom stereocenters. The lowest BCUT2D eigenvalue weighted by Gasteiger charge is -2.09. The smallest absolute Gasteiger partial charge is 0.162 e. The van der Waals surface area contributed by atoms with Gasteiger partial charge in [-0.25, -0.2) is 4.98 Å². The van der Waals surface area contributed by atoms with E-state index >= 15 is 0 Å². The predicted molar refractivity (Wildman–Crippen MR) is 102 cm³/mol. The maximum absolute atomic E-state index is 9.56. The fourth-order valence-electron chi connectivity index (χ4n) is 2.58. The van der Waals surface area contributed by atoms with E-state index in [4.69, 9.17) is 15.9 Å². The summed E-state index contributed by atoms with van der Waals surface area (Å²) in [7, 11) is 1.55. The standard InChI is InChI=1S/C21H17N3O2/c1-4-9-26-19-8-6-15(12-20(19)25-3)11-16(13-22)21-23-17-7-5-14(2)10-18(17)24-21/h1,5-8,10-12H,9H2,2-3H3,(H,23,24)/b16-11+. The van der Waals surface area contributed by atoms with Crippen LogP contribution in [-0.4, -0.2) is 23.7 Å². The van der Waals surface area contributed by atoms with Gasteiger partial charge < -0.3 is 14.5 Å². The molecule has 0 atom stereocenters. The summed E-state index contributed by atoms with van der Waals surface area (Å²) in [6.45, 7) is 2.17. The highest BCUT2D eigenvalue weighted by atomic mass is 16.5. The number of aromatic amines is 1. The molecule has 1 N–H and O–H groups in total. The Balaban J connectivity index is 1.98. The maximum atomic E-state index is 9.56. The molecule has 0 aliphatic rings. The van der Waals surface area contributed by atoms with Crippen molar-refractivity contribution in [2.45, 2.75) is 6.92 Å². The second-order valence-electron chi connectivity index (χ2n) is 5.68. The highest BCUT2D eigenvalue weighted by Gasteiger charge is 2.10. The van der Waals surface area contributed by atoms with Gasteiger partial charge in [0.2, 0.25) is 0 Å². The molecule has 2 aromatic carbocycles. The summed E-state index contributed by atoms with van der Waals surface area (Å²) in [6, 6.07) is 13.5. The van der Waals surface area contributed by atoms with E-state index in [0.717, 1.165) is 22.2 Å². The van der Waals surface area contributed by atoms with Crippen LogP contribution in [0, 0.1) is 30.6 Å². The third-order valence-electron chi connectivity index (χ3n) is 3.82. The number of aromatic nitrogens is 2. The average molecular weight is 343 g/mol. The zero-order chi connectivity index (χ0) is 18.5. The molecule has 1 aromatic heterocycles. The Morgan fingerprint density at radius 1 is 1.27 bits per heavy atom. The summed E-state index contributed by atoms with van der Waals surface area (Å²) in [5.41, 5.74) is 4.07. The number of hydrogen-bond donors (Lipinski definition) is 1. The fourth-order valence-corrected chi connectivity index (χ4v) is 2.58. The molecule has 0 aliphatic heterocycles. The first kappa shape index (κ1) is 17.1. The molecule has 0 amide bonds. The molecule has 1 heterocycles. The number of methoxy groups -OCH3 is 1. The predicted octanol–water partition coefficient (Wildman–Crippen LogP) is 3.96. The van der Waals surface area contributed by atoms with Crippen LogP contribution in [0.25, 0.3) is 22.7 Å². The number of nitrogens with zero attached hydrogens (tertiary/aromatic N) is 2. The van der Waals surface area contributed by atoms with Gasteiger partial charge in [-0.1, -0.05) is 18.1 Å². The molecular weight excluding hydrogens is 326 g/mol. The molecule has 0 spiro atoms. The van der Waals surface area contributed by atoms with Crippen LogP contribution >= 0.6 is 0 Å². The number of allylic oxidation sites excluding steroid dienone is 1. The Bertz CT molecular complexity index is 1070. The van der Waals surface area contributed by atoms with Crippen molar-refractivity contribution in [3.63, 3.8) is 0 Å². The van der Waals surface area contributed by atoms with Crippen LogP contribution in [0.5, 0.6) is 11.5 Å². The Kier molecular flexibility index (Phi) is 4.92. The molecule has 5 heteroatoms. The summed E-state index contributed by atoms with van der Waals surface area (Å²) in [5, 5.41) is 9.56. The lowest BCUT2D eigenvalue weighted by Crippen LogP contribution is -1.97. The fraction of sp³-hybridized carbons (Fsp3) is 0.143. The van der Waals surface area contributed by atoms with Gasteiger partial charge in [-0.2, -0.15) is 5.26 Å². The average Bonchev–Trinajstić information content (AvgIpc) is 3.07. The number of H-pyrrole nitrogens is 1. The number of ether oxygens (including phenoxy) is 2. The number of rotatable bonds is 5. The number of nitrogens with one attached hydrogen (secondary N) is 1. The lowest BCUT2D eigenvalue weighted by molar-refractivity contribution is 0.331. The first-order chi connectivity index (χ1) is 12.6. The highest BCUT2D eigenvalue weighted by molar-refractivity contribution is 5.90. The van der Waals surface area contributed by atoms with Gasteiger partial charge in [0.15, 0.2) is 11.5 Å². The number of nitriles is 1. The van der Waals surface area contributed by atoms with E-state index in [1.165, 1.54) is 0 Å². The van der Waals surface area contributed by atoms with E-state index in [1.807, 2.05) is 31.2 Å². The molecule has 0 saturated carbocycles. The van der Waals surface area contributed by atoms with Crippen molar-refractivity contribution < 1.29 is 9.47 Å². The molecule has 3 aromatic rings. The molecule has 0 fully saturated rings. The minimum Gasteiger partial charge on any atom is -0.493 e. The number of hydrogen-bond acceptors (Lipinski definition) is 4. The largest absolute Gasteiger partial charge is 0.493 e. The molecule has 0 saturated heterocycles. The Morgan fingerprint density at radius 2 is 2.12 bits per heavy atom. The quantitative estimate of drug-likeness (QED) is 0.562. The zero-order valence-electron chi connectivity index (χ0n) is 14.5. The topological polar surface area (TPSA) is 70.9 Å². The van der Waals surface area contributed by atoms with Gasteiger partial charge in [-0.05, 0) is 48.4 Å². The van der Waals surface area contributed by atoms with Crippen LogP contribution in [0.3, 0.4) is 0 Å². The minimum absolute atomic E-state index is 0.160. The van der Waals surface area contributed by atoms with E-state index < -0.39 is 0 Å². The summed E-state index contributed by atoms with van der Waals surface area (Å²) in [5.74, 6) is 4.05. The monoisotopic (exact) mass is 343 g/mol. The van der Waals surface area contributed by atoms with Crippen LogP contribution < -0.4 is 9.47 Å². The van der Waals surface area contributed by atoms with Crippen LogP contribution in [0.2, 0.25) is 0 Å². The molecular formula is C21H17N3O2. The van der Waals surface area contributed by atoms with E-state index in [9.17, 15) is 5.26 Å². The normalized spacial score (nSPS) is 11.0. The zero-order valence-corrected chi connectivity index (χ0v) is 14.5. The Hall–Kier alpha value is -3.70. The summed E-state index contributed by atoms with van der Waals surface area (Å²) in [4.78, 5) is 7.69. The lowest BCUT2D eigenvalue weighted by atomic mass is 10.1. The van der Waals surface area contributed by atoms with Gasteiger partial charge in [0, 0.05) is 0 Å². The Morgan fingerprint density at radius 3 is 2.85 bits per heavy atom. The molecule has 5 nitrogen and oxygen atoms in total. The number of terminal acetylenes is 1. The second-order valence-corrected chi connectivity index (χ2v) is 5.68. The molecule has 26 heavy (non-hydrogen) atoms. The number of fused-ring (bicyclic) bond motifs is 1. The van der Waals surface area contributed by atoms with Crippen molar-refractivity contribution in [1.29, 1.82) is 5.26 Å². The summed E-state index contributed by atoms with van der Waals surface area (Å²) >= 11 is 0.